The van der Waals surface area contributed by atoms with Gasteiger partial charge in [-0.15, -0.1) is 0 Å². The first-order chi connectivity index (χ1) is 6.68. The minimum Gasteiger partial charge on any atom is -0.393 e. The maximum Gasteiger partial charge on any atom is 0.0742 e. The SMILES string of the molecule is CC(CC(N)=S)N1CCC2CCCC21. The lowest BCUT2D eigenvalue weighted by Crippen LogP contribution is -2.39. The van der Waals surface area contributed by atoms with Gasteiger partial charge >= 0.3 is 0 Å². The highest BCUT2D eigenvalue weighted by Crippen LogP contribution is 2.38. The van der Waals surface area contributed by atoms with Gasteiger partial charge < -0.3 is 5.73 Å². The van der Waals surface area contributed by atoms with Crippen LogP contribution in [0.2, 0.25) is 0 Å². The van der Waals surface area contributed by atoms with Crippen LogP contribution in [0.1, 0.15) is 39.0 Å². The van der Waals surface area contributed by atoms with Gasteiger partial charge in [-0.25, -0.2) is 0 Å². The Morgan fingerprint density at radius 1 is 1.50 bits per heavy atom. The molecule has 0 aromatic rings. The van der Waals surface area contributed by atoms with Crippen LogP contribution in [0.4, 0.5) is 0 Å². The number of fused-ring (bicyclic) bond motifs is 1. The van der Waals surface area contributed by atoms with Gasteiger partial charge in [-0.05, 0) is 38.6 Å². The van der Waals surface area contributed by atoms with Crippen LogP contribution >= 0.6 is 12.2 Å². The number of hydrogen-bond donors (Lipinski definition) is 1. The van der Waals surface area contributed by atoms with Crippen molar-refractivity contribution in [2.75, 3.05) is 6.54 Å². The molecule has 3 unspecified atom stereocenters. The first-order valence-electron chi connectivity index (χ1n) is 5.72. The Morgan fingerprint density at radius 2 is 2.29 bits per heavy atom. The summed E-state index contributed by atoms with van der Waals surface area (Å²) < 4.78 is 0. The van der Waals surface area contributed by atoms with Gasteiger partial charge in [0, 0.05) is 18.5 Å². The fraction of sp³-hybridized carbons (Fsp3) is 0.909. The molecule has 0 bridgehead atoms. The standard InChI is InChI=1S/C11H20N2S/c1-8(7-11(12)14)13-6-5-9-3-2-4-10(9)13/h8-10H,2-7H2,1H3,(H2,12,14). The van der Waals surface area contributed by atoms with Crippen LogP contribution in [-0.4, -0.2) is 28.5 Å². The Morgan fingerprint density at radius 3 is 3.00 bits per heavy atom. The smallest absolute Gasteiger partial charge is 0.0742 e. The van der Waals surface area contributed by atoms with Crippen molar-refractivity contribution in [3.8, 4) is 0 Å². The van der Waals surface area contributed by atoms with Gasteiger partial charge in [-0.3, -0.25) is 4.90 Å². The largest absolute Gasteiger partial charge is 0.393 e. The second-order valence-corrected chi connectivity index (χ2v) is 5.33. The molecule has 2 N–H and O–H groups in total. The first kappa shape index (κ1) is 10.4. The maximum atomic E-state index is 5.60. The monoisotopic (exact) mass is 212 g/mol. The number of likely N-dealkylation sites (tertiary alicyclic amines) is 1. The van der Waals surface area contributed by atoms with Gasteiger partial charge in [0.15, 0.2) is 0 Å². The maximum absolute atomic E-state index is 5.60. The third kappa shape index (κ3) is 1.94. The Hall–Kier alpha value is -0.150. The van der Waals surface area contributed by atoms with E-state index in [1.54, 1.807) is 0 Å². The lowest BCUT2D eigenvalue weighted by Gasteiger charge is -2.30. The summed E-state index contributed by atoms with van der Waals surface area (Å²) in [6, 6.07) is 1.40. The zero-order chi connectivity index (χ0) is 10.1. The number of nitrogens with zero attached hydrogens (tertiary/aromatic N) is 1. The predicted octanol–water partition coefficient (Wildman–Crippen LogP) is 1.93. The average Bonchev–Trinajstić information content (AvgIpc) is 2.59. The lowest BCUT2D eigenvalue weighted by molar-refractivity contribution is 0.186. The van der Waals surface area contributed by atoms with E-state index in [0.29, 0.717) is 11.0 Å². The third-order valence-corrected chi connectivity index (χ3v) is 4.03. The minimum absolute atomic E-state index is 0.556. The Kier molecular flexibility index (Phi) is 3.07. The van der Waals surface area contributed by atoms with Crippen LogP contribution in [0, 0.1) is 5.92 Å². The summed E-state index contributed by atoms with van der Waals surface area (Å²) in [7, 11) is 0. The molecular weight excluding hydrogens is 192 g/mol. The minimum atomic E-state index is 0.556. The van der Waals surface area contributed by atoms with Crippen molar-refractivity contribution in [2.24, 2.45) is 11.7 Å². The molecule has 0 aromatic carbocycles. The van der Waals surface area contributed by atoms with E-state index in [9.17, 15) is 0 Å². The second-order valence-electron chi connectivity index (χ2n) is 4.80. The van der Waals surface area contributed by atoms with Crippen molar-refractivity contribution in [2.45, 2.75) is 51.1 Å². The highest BCUT2D eigenvalue weighted by molar-refractivity contribution is 7.80. The van der Waals surface area contributed by atoms with Crippen LogP contribution in [-0.2, 0) is 0 Å². The summed E-state index contributed by atoms with van der Waals surface area (Å²) >= 11 is 4.98. The molecule has 14 heavy (non-hydrogen) atoms. The van der Waals surface area contributed by atoms with E-state index in [1.807, 2.05) is 0 Å². The quantitative estimate of drug-likeness (QED) is 0.725. The van der Waals surface area contributed by atoms with Crippen LogP contribution in [0.5, 0.6) is 0 Å². The Labute approximate surface area is 91.8 Å². The first-order valence-corrected chi connectivity index (χ1v) is 6.13. The van der Waals surface area contributed by atoms with Crippen LogP contribution in [0.15, 0.2) is 0 Å². The van der Waals surface area contributed by atoms with Gasteiger partial charge in [0.25, 0.3) is 0 Å². The van der Waals surface area contributed by atoms with Crippen LogP contribution in [0.3, 0.4) is 0 Å². The Balaban J connectivity index is 1.94. The van der Waals surface area contributed by atoms with E-state index in [2.05, 4.69) is 11.8 Å². The average molecular weight is 212 g/mol. The normalized spacial score (nSPS) is 34.4. The van der Waals surface area contributed by atoms with Gasteiger partial charge in [0.1, 0.15) is 0 Å². The summed E-state index contributed by atoms with van der Waals surface area (Å²) in [5.74, 6) is 0.976. The molecule has 2 nitrogen and oxygen atoms in total. The van der Waals surface area contributed by atoms with Crippen molar-refractivity contribution in [1.29, 1.82) is 0 Å². The lowest BCUT2D eigenvalue weighted by atomic mass is 10.0. The van der Waals surface area contributed by atoms with Crippen LogP contribution < -0.4 is 5.73 Å². The molecule has 1 saturated heterocycles. The van der Waals surface area contributed by atoms with Crippen molar-refractivity contribution in [3.05, 3.63) is 0 Å². The molecule has 2 rings (SSSR count). The molecule has 0 radical (unpaired) electrons. The van der Waals surface area contributed by atoms with Gasteiger partial charge in [-0.2, -0.15) is 0 Å². The molecule has 80 valence electrons. The molecule has 3 atom stereocenters. The van der Waals surface area contributed by atoms with E-state index in [0.717, 1.165) is 18.4 Å². The fourth-order valence-electron chi connectivity index (χ4n) is 3.23. The third-order valence-electron chi connectivity index (χ3n) is 3.87. The van der Waals surface area contributed by atoms with Crippen molar-refractivity contribution in [1.82, 2.24) is 4.90 Å². The number of hydrogen-bond acceptors (Lipinski definition) is 2. The molecule has 1 aliphatic carbocycles. The molecule has 1 heterocycles. The van der Waals surface area contributed by atoms with Gasteiger partial charge in [0.2, 0.25) is 0 Å². The molecule has 0 spiro atoms. The summed E-state index contributed by atoms with van der Waals surface area (Å²) in [5.41, 5.74) is 5.60. The van der Waals surface area contributed by atoms with Crippen LogP contribution in [0.25, 0.3) is 0 Å². The molecule has 0 amide bonds. The van der Waals surface area contributed by atoms with E-state index in [1.165, 1.54) is 32.2 Å². The van der Waals surface area contributed by atoms with Crippen molar-refractivity contribution in [3.63, 3.8) is 0 Å². The van der Waals surface area contributed by atoms with Gasteiger partial charge in [-0.1, -0.05) is 18.6 Å². The van der Waals surface area contributed by atoms with E-state index >= 15 is 0 Å². The molecule has 2 aliphatic rings. The number of rotatable bonds is 3. The van der Waals surface area contributed by atoms with Crippen molar-refractivity contribution < 1.29 is 0 Å². The zero-order valence-corrected chi connectivity index (χ0v) is 9.72. The fourth-order valence-corrected chi connectivity index (χ4v) is 3.47. The molecular formula is C11H20N2S. The molecule has 0 aromatic heterocycles. The van der Waals surface area contributed by atoms with Gasteiger partial charge in [0.05, 0.1) is 4.99 Å². The molecule has 1 aliphatic heterocycles. The highest BCUT2D eigenvalue weighted by Gasteiger charge is 2.39. The van der Waals surface area contributed by atoms with E-state index < -0.39 is 0 Å². The molecule has 3 heteroatoms. The zero-order valence-electron chi connectivity index (χ0n) is 8.91. The Bertz CT molecular complexity index is 229. The predicted molar refractivity (Wildman–Crippen MR) is 63.3 cm³/mol. The highest BCUT2D eigenvalue weighted by atomic mass is 32.1. The molecule has 1 saturated carbocycles. The summed E-state index contributed by atoms with van der Waals surface area (Å²) in [6.07, 6.45) is 6.55. The summed E-state index contributed by atoms with van der Waals surface area (Å²) in [5, 5.41) is 0. The summed E-state index contributed by atoms with van der Waals surface area (Å²) in [4.78, 5) is 3.30. The van der Waals surface area contributed by atoms with Crippen molar-refractivity contribution >= 4 is 17.2 Å². The van der Waals surface area contributed by atoms with E-state index in [-0.39, 0.29) is 0 Å². The number of thiocarbonyl (C=S) groups is 1. The topological polar surface area (TPSA) is 29.3 Å². The van der Waals surface area contributed by atoms with E-state index in [4.69, 9.17) is 18.0 Å². The summed E-state index contributed by atoms with van der Waals surface area (Å²) in [6.45, 7) is 3.53. The molecule has 2 fully saturated rings. The number of nitrogens with two attached hydrogens (primary N) is 1. The second kappa shape index (κ2) is 4.15.